The third-order valence-electron chi connectivity index (χ3n) is 4.63. The molecule has 3 rings (SSSR count). The van der Waals surface area contributed by atoms with Gasteiger partial charge in [-0.3, -0.25) is 4.90 Å². The van der Waals surface area contributed by atoms with E-state index in [1.54, 1.807) is 0 Å². The second-order valence-corrected chi connectivity index (χ2v) is 5.84. The lowest BCUT2D eigenvalue weighted by Crippen LogP contribution is -2.56. The summed E-state index contributed by atoms with van der Waals surface area (Å²) in [5, 5.41) is 0. The number of aryl methyl sites for hydroxylation is 1. The zero-order valence-corrected chi connectivity index (χ0v) is 11.6. The van der Waals surface area contributed by atoms with Crippen LogP contribution in [0.15, 0.2) is 24.3 Å². The van der Waals surface area contributed by atoms with Crippen LogP contribution in [0.5, 0.6) is 0 Å². The van der Waals surface area contributed by atoms with Crippen molar-refractivity contribution < 1.29 is 0 Å². The molecule has 0 amide bonds. The maximum absolute atomic E-state index is 2.71. The van der Waals surface area contributed by atoms with E-state index in [2.05, 4.69) is 47.9 Å². The molecule has 1 aromatic carbocycles. The molecular weight excluding hydrogens is 220 g/mol. The molecule has 2 aliphatic heterocycles. The molecule has 0 bridgehead atoms. The zero-order valence-electron chi connectivity index (χ0n) is 11.6. The first-order valence-corrected chi connectivity index (χ1v) is 7.35. The highest BCUT2D eigenvalue weighted by molar-refractivity contribution is 5.49. The molecule has 0 saturated carbocycles. The fraction of sp³-hybridized carbons (Fsp3) is 0.625. The maximum Gasteiger partial charge on any atom is 0.0415 e. The fourth-order valence-electron chi connectivity index (χ4n) is 3.49. The molecule has 2 nitrogen and oxygen atoms in total. The molecule has 0 spiro atoms. The van der Waals surface area contributed by atoms with Gasteiger partial charge < -0.3 is 4.90 Å². The van der Waals surface area contributed by atoms with E-state index in [-0.39, 0.29) is 0 Å². The minimum atomic E-state index is 0.696. The van der Waals surface area contributed by atoms with E-state index in [4.69, 9.17) is 0 Å². The smallest absolute Gasteiger partial charge is 0.0415 e. The maximum atomic E-state index is 2.71. The predicted octanol–water partition coefficient (Wildman–Crippen LogP) is 3.06. The number of benzene rings is 1. The normalized spacial score (nSPS) is 28.4. The molecule has 0 radical (unpaired) electrons. The number of hydrogen-bond acceptors (Lipinski definition) is 2. The first kappa shape index (κ1) is 12.0. The van der Waals surface area contributed by atoms with E-state index >= 15 is 0 Å². The molecule has 98 valence electrons. The highest BCUT2D eigenvalue weighted by Crippen LogP contribution is 2.29. The standard InChI is InChI=1S/C16H24N2/c1-3-14-11-17-10-4-5-16(17)12-18(14)15-8-6-13(2)7-9-15/h6-9,14,16H,3-5,10-12H2,1-2H3. The number of anilines is 1. The van der Waals surface area contributed by atoms with Crippen LogP contribution < -0.4 is 4.90 Å². The van der Waals surface area contributed by atoms with Crippen LogP contribution in [0.4, 0.5) is 5.69 Å². The van der Waals surface area contributed by atoms with Gasteiger partial charge >= 0.3 is 0 Å². The highest BCUT2D eigenvalue weighted by Gasteiger charge is 2.35. The van der Waals surface area contributed by atoms with Crippen molar-refractivity contribution in [3.05, 3.63) is 29.8 Å². The topological polar surface area (TPSA) is 6.48 Å². The van der Waals surface area contributed by atoms with Gasteiger partial charge in [-0.25, -0.2) is 0 Å². The summed E-state index contributed by atoms with van der Waals surface area (Å²) >= 11 is 0. The molecule has 1 aromatic rings. The summed E-state index contributed by atoms with van der Waals surface area (Å²) in [6.07, 6.45) is 4.03. The minimum Gasteiger partial charge on any atom is -0.366 e. The van der Waals surface area contributed by atoms with E-state index in [1.807, 2.05) is 0 Å². The van der Waals surface area contributed by atoms with E-state index < -0.39 is 0 Å². The lowest BCUT2D eigenvalue weighted by atomic mass is 10.0. The van der Waals surface area contributed by atoms with Crippen molar-refractivity contribution in [2.75, 3.05) is 24.5 Å². The summed E-state index contributed by atoms with van der Waals surface area (Å²) in [6, 6.07) is 10.6. The summed E-state index contributed by atoms with van der Waals surface area (Å²) in [5.41, 5.74) is 2.77. The Morgan fingerprint density at radius 2 is 1.94 bits per heavy atom. The molecule has 2 fully saturated rings. The number of nitrogens with zero attached hydrogens (tertiary/aromatic N) is 2. The molecule has 0 aromatic heterocycles. The van der Waals surface area contributed by atoms with Crippen LogP contribution in [0.2, 0.25) is 0 Å². The predicted molar refractivity (Wildman–Crippen MR) is 77.2 cm³/mol. The Labute approximate surface area is 111 Å². The van der Waals surface area contributed by atoms with E-state index in [0.29, 0.717) is 6.04 Å². The van der Waals surface area contributed by atoms with Crippen molar-refractivity contribution in [2.24, 2.45) is 0 Å². The molecule has 0 N–H and O–H groups in total. The summed E-state index contributed by atoms with van der Waals surface area (Å²) in [4.78, 5) is 5.35. The van der Waals surface area contributed by atoms with Gasteiger partial charge in [-0.05, 0) is 44.9 Å². The molecule has 18 heavy (non-hydrogen) atoms. The number of piperazine rings is 1. The summed E-state index contributed by atoms with van der Waals surface area (Å²) in [6.45, 7) is 8.29. The third-order valence-corrected chi connectivity index (χ3v) is 4.63. The van der Waals surface area contributed by atoms with Crippen molar-refractivity contribution >= 4 is 5.69 Å². The Morgan fingerprint density at radius 3 is 2.67 bits per heavy atom. The Hall–Kier alpha value is -1.02. The summed E-state index contributed by atoms with van der Waals surface area (Å²) < 4.78 is 0. The average Bonchev–Trinajstić information content (AvgIpc) is 2.85. The van der Waals surface area contributed by atoms with Crippen LogP contribution in [0.3, 0.4) is 0 Å². The average molecular weight is 244 g/mol. The van der Waals surface area contributed by atoms with E-state index in [9.17, 15) is 0 Å². The van der Waals surface area contributed by atoms with Crippen molar-refractivity contribution in [3.8, 4) is 0 Å². The van der Waals surface area contributed by atoms with Crippen LogP contribution in [0.1, 0.15) is 31.7 Å². The third kappa shape index (κ3) is 2.14. The van der Waals surface area contributed by atoms with Gasteiger partial charge in [-0.15, -0.1) is 0 Å². The minimum absolute atomic E-state index is 0.696. The van der Waals surface area contributed by atoms with Crippen LogP contribution in [0.25, 0.3) is 0 Å². The van der Waals surface area contributed by atoms with Gasteiger partial charge in [0.05, 0.1) is 0 Å². The number of rotatable bonds is 2. The fourth-order valence-corrected chi connectivity index (χ4v) is 3.49. The Kier molecular flexibility index (Phi) is 3.29. The highest BCUT2D eigenvalue weighted by atomic mass is 15.3. The summed E-state index contributed by atoms with van der Waals surface area (Å²) in [7, 11) is 0. The molecule has 2 saturated heterocycles. The van der Waals surface area contributed by atoms with Gasteiger partial charge in [-0.2, -0.15) is 0 Å². The van der Waals surface area contributed by atoms with E-state index in [1.165, 1.54) is 50.1 Å². The van der Waals surface area contributed by atoms with Crippen molar-refractivity contribution in [3.63, 3.8) is 0 Å². The SMILES string of the molecule is CCC1CN2CCCC2CN1c1ccc(C)cc1. The lowest BCUT2D eigenvalue weighted by molar-refractivity contribution is 0.195. The van der Waals surface area contributed by atoms with Crippen molar-refractivity contribution in [1.82, 2.24) is 4.90 Å². The van der Waals surface area contributed by atoms with Crippen LogP contribution in [-0.4, -0.2) is 36.6 Å². The number of hydrogen-bond donors (Lipinski definition) is 0. The van der Waals surface area contributed by atoms with Gasteiger partial charge in [0.25, 0.3) is 0 Å². The van der Waals surface area contributed by atoms with Gasteiger partial charge in [0.15, 0.2) is 0 Å². The molecule has 2 heterocycles. The molecular formula is C16H24N2. The largest absolute Gasteiger partial charge is 0.366 e. The molecule has 2 atom stereocenters. The number of fused-ring (bicyclic) bond motifs is 1. The molecule has 2 aliphatic rings. The van der Waals surface area contributed by atoms with Gasteiger partial charge in [0.1, 0.15) is 0 Å². The van der Waals surface area contributed by atoms with Crippen molar-refractivity contribution in [1.29, 1.82) is 0 Å². The Bertz CT molecular complexity index is 398. The summed E-state index contributed by atoms with van der Waals surface area (Å²) in [5.74, 6) is 0. The first-order valence-electron chi connectivity index (χ1n) is 7.35. The molecule has 2 heteroatoms. The Morgan fingerprint density at radius 1 is 1.17 bits per heavy atom. The van der Waals surface area contributed by atoms with Gasteiger partial charge in [-0.1, -0.05) is 24.6 Å². The quantitative estimate of drug-likeness (QED) is 0.789. The zero-order chi connectivity index (χ0) is 12.5. The van der Waals surface area contributed by atoms with Crippen LogP contribution in [0, 0.1) is 6.92 Å². The van der Waals surface area contributed by atoms with Crippen molar-refractivity contribution in [2.45, 2.75) is 45.2 Å². The van der Waals surface area contributed by atoms with Gasteiger partial charge in [0.2, 0.25) is 0 Å². The first-order chi connectivity index (χ1) is 8.78. The monoisotopic (exact) mass is 244 g/mol. The molecule has 2 unspecified atom stereocenters. The second kappa shape index (κ2) is 4.93. The molecule has 0 aliphatic carbocycles. The van der Waals surface area contributed by atoms with Gasteiger partial charge in [0, 0.05) is 30.9 Å². The lowest BCUT2D eigenvalue weighted by Gasteiger charge is -2.45. The Balaban J connectivity index is 1.82. The van der Waals surface area contributed by atoms with Crippen LogP contribution >= 0.6 is 0 Å². The van der Waals surface area contributed by atoms with E-state index in [0.717, 1.165) is 6.04 Å². The van der Waals surface area contributed by atoms with Crippen LogP contribution in [-0.2, 0) is 0 Å². The second-order valence-electron chi connectivity index (χ2n) is 5.84.